The maximum Gasteiger partial charge on any atom is 0.120 e. The third-order valence-electron chi connectivity index (χ3n) is 2.48. The number of ether oxygens (including phenoxy) is 1. The first-order valence-electron chi connectivity index (χ1n) is 5.28. The molecular formula is C12H17BrClNO. The summed E-state index contributed by atoms with van der Waals surface area (Å²) in [6, 6.07) is 8.24. The van der Waals surface area contributed by atoms with Crippen molar-refractivity contribution < 1.29 is 4.74 Å². The number of hydrogen-bond donors (Lipinski definition) is 0. The zero-order chi connectivity index (χ0) is 12.0. The van der Waals surface area contributed by atoms with Crippen LogP contribution in [0.15, 0.2) is 28.7 Å². The largest absolute Gasteiger partial charge is 0.492 e. The van der Waals surface area contributed by atoms with E-state index in [1.165, 1.54) is 0 Å². The lowest BCUT2D eigenvalue weighted by Gasteiger charge is -2.22. The van der Waals surface area contributed by atoms with Gasteiger partial charge in [0, 0.05) is 22.9 Å². The first-order chi connectivity index (χ1) is 7.63. The predicted molar refractivity (Wildman–Crippen MR) is 72.4 cm³/mol. The molecule has 0 heterocycles. The van der Waals surface area contributed by atoms with Gasteiger partial charge in [-0.15, -0.1) is 11.6 Å². The molecular weight excluding hydrogens is 289 g/mol. The van der Waals surface area contributed by atoms with Crippen molar-refractivity contribution in [3.63, 3.8) is 0 Å². The molecule has 0 saturated heterocycles. The van der Waals surface area contributed by atoms with Crippen LogP contribution in [0.3, 0.4) is 0 Å². The molecule has 0 aliphatic rings. The highest BCUT2D eigenvalue weighted by Crippen LogP contribution is 2.17. The van der Waals surface area contributed by atoms with E-state index in [0.717, 1.165) is 16.8 Å². The molecule has 2 nitrogen and oxygen atoms in total. The average molecular weight is 307 g/mol. The number of alkyl halides is 1. The SMILES string of the molecule is CC(CCl)N(C)CCOc1cccc(Br)c1. The van der Waals surface area contributed by atoms with Gasteiger partial charge < -0.3 is 4.74 Å². The van der Waals surface area contributed by atoms with Crippen molar-refractivity contribution in [2.75, 3.05) is 26.1 Å². The lowest BCUT2D eigenvalue weighted by Crippen LogP contribution is -2.33. The van der Waals surface area contributed by atoms with Crippen LogP contribution in [-0.2, 0) is 0 Å². The lowest BCUT2D eigenvalue weighted by atomic mass is 10.3. The van der Waals surface area contributed by atoms with Gasteiger partial charge in [0.15, 0.2) is 0 Å². The molecule has 1 rings (SSSR count). The molecule has 1 atom stereocenters. The van der Waals surface area contributed by atoms with Crippen LogP contribution in [0.1, 0.15) is 6.92 Å². The highest BCUT2D eigenvalue weighted by atomic mass is 79.9. The highest BCUT2D eigenvalue weighted by Gasteiger charge is 2.06. The minimum atomic E-state index is 0.382. The second-order valence-corrected chi connectivity index (χ2v) is 5.01. The van der Waals surface area contributed by atoms with E-state index in [1.807, 2.05) is 24.3 Å². The van der Waals surface area contributed by atoms with E-state index in [4.69, 9.17) is 16.3 Å². The van der Waals surface area contributed by atoms with Gasteiger partial charge in [0.2, 0.25) is 0 Å². The van der Waals surface area contributed by atoms with Gasteiger partial charge in [0.05, 0.1) is 0 Å². The van der Waals surface area contributed by atoms with E-state index in [9.17, 15) is 0 Å². The van der Waals surface area contributed by atoms with E-state index in [1.54, 1.807) is 0 Å². The van der Waals surface area contributed by atoms with Gasteiger partial charge in [-0.25, -0.2) is 0 Å². The molecule has 1 aromatic carbocycles. The second-order valence-electron chi connectivity index (χ2n) is 3.79. The molecule has 0 saturated carbocycles. The monoisotopic (exact) mass is 305 g/mol. The number of likely N-dealkylation sites (N-methyl/N-ethyl adjacent to an activating group) is 1. The van der Waals surface area contributed by atoms with E-state index >= 15 is 0 Å². The molecule has 16 heavy (non-hydrogen) atoms. The number of halogens is 2. The summed E-state index contributed by atoms with van der Waals surface area (Å²) >= 11 is 9.18. The Morgan fingerprint density at radius 1 is 1.50 bits per heavy atom. The minimum absolute atomic E-state index is 0.382. The molecule has 0 bridgehead atoms. The number of benzene rings is 1. The quantitative estimate of drug-likeness (QED) is 0.747. The Hall–Kier alpha value is -0.250. The summed E-state index contributed by atoms with van der Waals surface area (Å²) in [4.78, 5) is 2.19. The summed E-state index contributed by atoms with van der Waals surface area (Å²) in [5.74, 6) is 1.54. The van der Waals surface area contributed by atoms with Gasteiger partial charge in [-0.2, -0.15) is 0 Å². The van der Waals surface area contributed by atoms with Gasteiger partial charge >= 0.3 is 0 Å². The van der Waals surface area contributed by atoms with Crippen LogP contribution in [0.2, 0.25) is 0 Å². The second kappa shape index (κ2) is 7.15. The Balaban J connectivity index is 2.30. The molecule has 1 unspecified atom stereocenters. The fourth-order valence-corrected chi connectivity index (χ4v) is 1.82. The third-order valence-corrected chi connectivity index (χ3v) is 3.42. The molecule has 0 spiro atoms. The van der Waals surface area contributed by atoms with Crippen molar-refractivity contribution in [2.24, 2.45) is 0 Å². The molecule has 1 aromatic rings. The Kier molecular flexibility index (Phi) is 6.17. The number of hydrogen-bond acceptors (Lipinski definition) is 2. The van der Waals surface area contributed by atoms with Gasteiger partial charge in [-0.1, -0.05) is 22.0 Å². The number of nitrogens with zero attached hydrogens (tertiary/aromatic N) is 1. The molecule has 0 radical (unpaired) electrons. The zero-order valence-electron chi connectivity index (χ0n) is 9.62. The Bertz CT molecular complexity index is 322. The van der Waals surface area contributed by atoms with E-state index in [0.29, 0.717) is 18.5 Å². The maximum absolute atomic E-state index is 5.77. The standard InChI is InChI=1S/C12H17BrClNO/c1-10(9-14)15(2)6-7-16-12-5-3-4-11(13)8-12/h3-5,8,10H,6-7,9H2,1-2H3. The molecule has 0 fully saturated rings. The topological polar surface area (TPSA) is 12.5 Å². The summed E-state index contributed by atoms with van der Waals surface area (Å²) in [7, 11) is 2.05. The molecule has 0 aromatic heterocycles. The van der Waals surface area contributed by atoms with Crippen molar-refractivity contribution >= 4 is 27.5 Å². The van der Waals surface area contributed by atoms with Crippen LogP contribution < -0.4 is 4.74 Å². The van der Waals surface area contributed by atoms with Crippen LogP contribution in [0.4, 0.5) is 0 Å². The minimum Gasteiger partial charge on any atom is -0.492 e. The van der Waals surface area contributed by atoms with Crippen LogP contribution in [-0.4, -0.2) is 37.0 Å². The lowest BCUT2D eigenvalue weighted by molar-refractivity contribution is 0.209. The van der Waals surface area contributed by atoms with Crippen molar-refractivity contribution in [1.29, 1.82) is 0 Å². The van der Waals surface area contributed by atoms with Crippen LogP contribution in [0, 0.1) is 0 Å². The van der Waals surface area contributed by atoms with Crippen molar-refractivity contribution in [3.8, 4) is 5.75 Å². The highest BCUT2D eigenvalue weighted by molar-refractivity contribution is 9.10. The van der Waals surface area contributed by atoms with Gasteiger partial charge in [-0.05, 0) is 32.2 Å². The third kappa shape index (κ3) is 4.73. The predicted octanol–water partition coefficient (Wildman–Crippen LogP) is 3.39. The van der Waals surface area contributed by atoms with Gasteiger partial charge in [0.1, 0.15) is 12.4 Å². The molecule has 0 aliphatic carbocycles. The van der Waals surface area contributed by atoms with E-state index in [-0.39, 0.29) is 0 Å². The normalized spacial score (nSPS) is 12.8. The van der Waals surface area contributed by atoms with Gasteiger partial charge in [0.25, 0.3) is 0 Å². The van der Waals surface area contributed by atoms with Crippen LogP contribution >= 0.6 is 27.5 Å². The Morgan fingerprint density at radius 3 is 2.88 bits per heavy atom. The smallest absolute Gasteiger partial charge is 0.120 e. The van der Waals surface area contributed by atoms with Crippen molar-refractivity contribution in [1.82, 2.24) is 4.90 Å². The first-order valence-corrected chi connectivity index (χ1v) is 6.61. The maximum atomic E-state index is 5.77. The average Bonchev–Trinajstić information content (AvgIpc) is 2.28. The molecule has 0 N–H and O–H groups in total. The van der Waals surface area contributed by atoms with Crippen molar-refractivity contribution in [3.05, 3.63) is 28.7 Å². The summed E-state index contributed by atoms with van der Waals surface area (Å²) in [5.41, 5.74) is 0. The van der Waals surface area contributed by atoms with Crippen LogP contribution in [0.25, 0.3) is 0 Å². The van der Waals surface area contributed by atoms with Crippen LogP contribution in [0.5, 0.6) is 5.75 Å². The summed E-state index contributed by atoms with van der Waals surface area (Å²) in [6.45, 7) is 3.65. The summed E-state index contributed by atoms with van der Waals surface area (Å²) in [5, 5.41) is 0. The number of rotatable bonds is 6. The van der Waals surface area contributed by atoms with Gasteiger partial charge in [-0.3, -0.25) is 4.90 Å². The molecule has 4 heteroatoms. The molecule has 0 amide bonds. The van der Waals surface area contributed by atoms with E-state index < -0.39 is 0 Å². The fourth-order valence-electron chi connectivity index (χ4n) is 1.20. The summed E-state index contributed by atoms with van der Waals surface area (Å²) in [6.07, 6.45) is 0. The molecule has 90 valence electrons. The molecule has 0 aliphatic heterocycles. The zero-order valence-corrected chi connectivity index (χ0v) is 12.0. The van der Waals surface area contributed by atoms with Crippen molar-refractivity contribution in [2.45, 2.75) is 13.0 Å². The van der Waals surface area contributed by atoms with E-state index in [2.05, 4.69) is 34.8 Å². The first kappa shape index (κ1) is 13.8. The summed E-state index contributed by atoms with van der Waals surface area (Å²) < 4.78 is 6.67. The fraction of sp³-hybridized carbons (Fsp3) is 0.500. The Morgan fingerprint density at radius 2 is 2.25 bits per heavy atom. The Labute approximate surface area is 111 Å².